The standard InChI is InChI=1S/C31H32N2O3S/c1-3-5-19-33(31(36)32-25-16-13-22-9-6-7-10-24(22)20-25)26-11-8-12-28(21-26)37-27-17-14-23(15-18-27)29(4-2)30(34)35/h6-18,20-21,29H,3-5,19H2,1-2H3,(H,32,36)(H,34,35). The average molecular weight is 513 g/mol. The van der Waals surface area contributed by atoms with E-state index in [4.69, 9.17) is 0 Å². The molecule has 0 saturated heterocycles. The summed E-state index contributed by atoms with van der Waals surface area (Å²) in [5.41, 5.74) is 2.41. The minimum absolute atomic E-state index is 0.158. The Morgan fingerprint density at radius 1 is 0.865 bits per heavy atom. The zero-order valence-corrected chi connectivity index (χ0v) is 22.0. The van der Waals surface area contributed by atoms with Gasteiger partial charge in [0.05, 0.1) is 5.92 Å². The van der Waals surface area contributed by atoms with Gasteiger partial charge in [-0.15, -0.1) is 0 Å². The fourth-order valence-corrected chi connectivity index (χ4v) is 5.16. The molecule has 4 rings (SSSR count). The number of rotatable bonds is 10. The van der Waals surface area contributed by atoms with Gasteiger partial charge in [0.1, 0.15) is 0 Å². The van der Waals surface area contributed by atoms with Gasteiger partial charge in [-0.05, 0) is 71.6 Å². The number of amides is 2. The van der Waals surface area contributed by atoms with Gasteiger partial charge in [0.2, 0.25) is 0 Å². The lowest BCUT2D eigenvalue weighted by atomic mass is 9.97. The van der Waals surface area contributed by atoms with Crippen LogP contribution in [0.1, 0.15) is 44.6 Å². The van der Waals surface area contributed by atoms with Gasteiger partial charge in [0, 0.05) is 27.7 Å². The molecule has 0 aromatic heterocycles. The first-order valence-electron chi connectivity index (χ1n) is 12.7. The zero-order valence-electron chi connectivity index (χ0n) is 21.2. The maximum atomic E-state index is 13.4. The summed E-state index contributed by atoms with van der Waals surface area (Å²) < 4.78 is 0. The Labute approximate surface area is 222 Å². The summed E-state index contributed by atoms with van der Waals surface area (Å²) in [4.78, 5) is 28.7. The lowest BCUT2D eigenvalue weighted by Gasteiger charge is -2.24. The first kappa shape index (κ1) is 26.3. The molecule has 0 spiro atoms. The second kappa shape index (κ2) is 12.5. The fourth-order valence-electron chi connectivity index (χ4n) is 4.29. The number of nitrogens with zero attached hydrogens (tertiary/aromatic N) is 1. The Hall–Kier alpha value is -3.77. The summed E-state index contributed by atoms with van der Waals surface area (Å²) >= 11 is 1.59. The van der Waals surface area contributed by atoms with Crippen molar-refractivity contribution in [2.24, 2.45) is 0 Å². The number of hydrogen-bond donors (Lipinski definition) is 2. The van der Waals surface area contributed by atoms with Gasteiger partial charge in [-0.3, -0.25) is 9.69 Å². The third-order valence-electron chi connectivity index (χ3n) is 6.33. The first-order chi connectivity index (χ1) is 18.0. The van der Waals surface area contributed by atoms with E-state index in [1.54, 1.807) is 16.7 Å². The average Bonchev–Trinajstić information content (AvgIpc) is 2.90. The molecule has 4 aromatic carbocycles. The lowest BCUT2D eigenvalue weighted by molar-refractivity contribution is -0.138. The summed E-state index contributed by atoms with van der Waals surface area (Å²) in [7, 11) is 0. The van der Waals surface area contributed by atoms with Crippen LogP contribution in [0.15, 0.2) is 101 Å². The highest BCUT2D eigenvalue weighted by atomic mass is 32.2. The SMILES string of the molecule is CCCCN(C(=O)Nc1ccc2ccccc2c1)c1cccc(Sc2ccc(C(CC)C(=O)O)cc2)c1. The van der Waals surface area contributed by atoms with Crippen molar-refractivity contribution in [2.45, 2.75) is 48.8 Å². The quantitative estimate of drug-likeness (QED) is 0.224. The number of urea groups is 1. The van der Waals surface area contributed by atoms with Crippen molar-refractivity contribution >= 4 is 45.9 Å². The second-order valence-corrected chi connectivity index (χ2v) is 10.1. The molecule has 0 aliphatic rings. The summed E-state index contributed by atoms with van der Waals surface area (Å²) in [6, 6.07) is 29.5. The Morgan fingerprint density at radius 3 is 2.32 bits per heavy atom. The fraction of sp³-hybridized carbons (Fsp3) is 0.226. The maximum Gasteiger partial charge on any atom is 0.326 e. The molecule has 4 aromatic rings. The molecule has 0 heterocycles. The number of aliphatic carboxylic acids is 1. The van der Waals surface area contributed by atoms with Crippen molar-refractivity contribution in [2.75, 3.05) is 16.8 Å². The third kappa shape index (κ3) is 6.71. The van der Waals surface area contributed by atoms with E-state index in [9.17, 15) is 14.7 Å². The van der Waals surface area contributed by atoms with Gasteiger partial charge in [0.25, 0.3) is 0 Å². The van der Waals surface area contributed by atoms with E-state index in [0.29, 0.717) is 13.0 Å². The van der Waals surface area contributed by atoms with Crippen LogP contribution in [-0.2, 0) is 4.79 Å². The van der Waals surface area contributed by atoms with Crippen molar-refractivity contribution in [1.82, 2.24) is 0 Å². The summed E-state index contributed by atoms with van der Waals surface area (Å²) in [5.74, 6) is -1.29. The minimum atomic E-state index is -0.801. The van der Waals surface area contributed by atoms with Crippen LogP contribution < -0.4 is 10.2 Å². The van der Waals surface area contributed by atoms with Gasteiger partial charge >= 0.3 is 12.0 Å². The molecule has 190 valence electrons. The molecular weight excluding hydrogens is 480 g/mol. The summed E-state index contributed by atoms with van der Waals surface area (Å²) in [5, 5.41) is 14.7. The van der Waals surface area contributed by atoms with Crippen molar-refractivity contribution in [1.29, 1.82) is 0 Å². The van der Waals surface area contributed by atoms with Gasteiger partial charge < -0.3 is 10.4 Å². The highest BCUT2D eigenvalue weighted by Crippen LogP contribution is 2.32. The number of anilines is 2. The summed E-state index contributed by atoms with van der Waals surface area (Å²) in [6.45, 7) is 4.61. The number of nitrogens with one attached hydrogen (secondary N) is 1. The minimum Gasteiger partial charge on any atom is -0.481 e. The number of unbranched alkanes of at least 4 members (excludes halogenated alkanes) is 1. The van der Waals surface area contributed by atoms with Crippen LogP contribution >= 0.6 is 11.8 Å². The molecule has 0 saturated carbocycles. The predicted octanol–water partition coefficient (Wildman–Crippen LogP) is 8.41. The van der Waals surface area contributed by atoms with E-state index < -0.39 is 11.9 Å². The Bertz CT molecular complexity index is 1370. The normalized spacial score (nSPS) is 11.7. The molecule has 0 aliphatic heterocycles. The molecule has 5 nitrogen and oxygen atoms in total. The van der Waals surface area contributed by atoms with Crippen LogP contribution in [0.5, 0.6) is 0 Å². The Kier molecular flexibility index (Phi) is 8.86. The molecular formula is C31H32N2O3S. The maximum absolute atomic E-state index is 13.4. The number of hydrogen-bond acceptors (Lipinski definition) is 3. The molecule has 1 atom stereocenters. The predicted molar refractivity (Wildman–Crippen MR) is 153 cm³/mol. The van der Waals surface area contributed by atoms with Gasteiger partial charge in [-0.1, -0.05) is 80.6 Å². The van der Waals surface area contributed by atoms with E-state index >= 15 is 0 Å². The van der Waals surface area contributed by atoms with Gasteiger partial charge in [-0.25, -0.2) is 4.79 Å². The van der Waals surface area contributed by atoms with Crippen molar-refractivity contribution < 1.29 is 14.7 Å². The highest BCUT2D eigenvalue weighted by molar-refractivity contribution is 7.99. The molecule has 0 aliphatic carbocycles. The van der Waals surface area contributed by atoms with Crippen LogP contribution in [0, 0.1) is 0 Å². The van der Waals surface area contributed by atoms with E-state index in [1.165, 1.54) is 0 Å². The van der Waals surface area contributed by atoms with Crippen LogP contribution in [0.4, 0.5) is 16.2 Å². The lowest BCUT2D eigenvalue weighted by Crippen LogP contribution is -2.35. The molecule has 2 N–H and O–H groups in total. The van der Waals surface area contributed by atoms with Gasteiger partial charge in [0.15, 0.2) is 0 Å². The van der Waals surface area contributed by atoms with E-state index in [-0.39, 0.29) is 6.03 Å². The molecule has 6 heteroatoms. The Morgan fingerprint density at radius 2 is 1.62 bits per heavy atom. The molecule has 37 heavy (non-hydrogen) atoms. The monoisotopic (exact) mass is 512 g/mol. The number of carboxylic acid groups (broad SMARTS) is 1. The number of carbonyl (C=O) groups excluding carboxylic acids is 1. The number of carboxylic acids is 1. The molecule has 0 fully saturated rings. The molecule has 0 radical (unpaired) electrons. The number of fused-ring (bicyclic) bond motifs is 1. The van der Waals surface area contributed by atoms with E-state index in [0.717, 1.165) is 50.3 Å². The van der Waals surface area contributed by atoms with E-state index in [1.807, 2.05) is 91.9 Å². The largest absolute Gasteiger partial charge is 0.481 e. The van der Waals surface area contributed by atoms with Gasteiger partial charge in [-0.2, -0.15) is 0 Å². The molecule has 0 bridgehead atoms. The van der Waals surface area contributed by atoms with Crippen molar-refractivity contribution in [3.63, 3.8) is 0 Å². The molecule has 2 amide bonds. The topological polar surface area (TPSA) is 69.6 Å². The first-order valence-corrected chi connectivity index (χ1v) is 13.5. The van der Waals surface area contributed by atoms with E-state index in [2.05, 4.69) is 18.3 Å². The zero-order chi connectivity index (χ0) is 26.2. The third-order valence-corrected chi connectivity index (χ3v) is 7.33. The van der Waals surface area contributed by atoms with Crippen molar-refractivity contribution in [3.8, 4) is 0 Å². The molecule has 1 unspecified atom stereocenters. The number of benzene rings is 4. The van der Waals surface area contributed by atoms with Crippen LogP contribution in [0.3, 0.4) is 0 Å². The van der Waals surface area contributed by atoms with Crippen LogP contribution in [0.2, 0.25) is 0 Å². The van der Waals surface area contributed by atoms with Crippen molar-refractivity contribution in [3.05, 3.63) is 96.6 Å². The highest BCUT2D eigenvalue weighted by Gasteiger charge is 2.18. The summed E-state index contributed by atoms with van der Waals surface area (Å²) in [6.07, 6.45) is 2.43. The Balaban J connectivity index is 1.51. The van der Waals surface area contributed by atoms with Crippen LogP contribution in [0.25, 0.3) is 10.8 Å². The van der Waals surface area contributed by atoms with Crippen LogP contribution in [-0.4, -0.2) is 23.7 Å². The smallest absolute Gasteiger partial charge is 0.326 e. The second-order valence-electron chi connectivity index (χ2n) is 8.96. The number of carbonyl (C=O) groups is 2.